The molecular formula is C16H16F6N5OS+. The van der Waals surface area contributed by atoms with E-state index in [1.807, 2.05) is 16.1 Å². The number of aryl methyl sites for hydroxylation is 1. The molecule has 2 amide bonds. The predicted octanol–water partition coefficient (Wildman–Crippen LogP) is 3.64. The number of rotatable bonds is 4. The number of alkyl halides is 6. The number of benzene rings is 1. The summed E-state index contributed by atoms with van der Waals surface area (Å²) in [7, 11) is 0. The van der Waals surface area contributed by atoms with Crippen LogP contribution in [-0.2, 0) is 18.8 Å². The summed E-state index contributed by atoms with van der Waals surface area (Å²) in [5.74, 6) is 0.833. The van der Waals surface area contributed by atoms with Gasteiger partial charge in [-0.1, -0.05) is 4.09 Å². The topological polar surface area (TPSA) is 62.8 Å². The van der Waals surface area contributed by atoms with Gasteiger partial charge in [-0.15, -0.1) is 0 Å². The third-order valence-corrected chi connectivity index (χ3v) is 4.91. The summed E-state index contributed by atoms with van der Waals surface area (Å²) in [5, 5.41) is 8.85. The molecule has 0 fully saturated rings. The first-order chi connectivity index (χ1) is 13.5. The summed E-state index contributed by atoms with van der Waals surface area (Å²) < 4.78 is 80.9. The molecule has 2 aromatic rings. The molecule has 29 heavy (non-hydrogen) atoms. The highest BCUT2D eigenvalue weighted by atomic mass is 32.2. The van der Waals surface area contributed by atoms with Gasteiger partial charge in [-0.25, -0.2) is 9.36 Å². The van der Waals surface area contributed by atoms with Crippen LogP contribution in [0.1, 0.15) is 29.4 Å². The van der Waals surface area contributed by atoms with Crippen molar-refractivity contribution in [3.8, 4) is 0 Å². The Hall–Kier alpha value is -2.44. The van der Waals surface area contributed by atoms with Crippen LogP contribution in [-0.4, -0.2) is 28.0 Å². The SMILES string of the molecule is CSn1c[n+]2c(n1)CC[C@H]2CNC(=O)Nc1cc(C(F)(F)F)cc(C(F)(F)F)c1. The molecular weight excluding hydrogens is 424 g/mol. The van der Waals surface area contributed by atoms with E-state index in [1.54, 1.807) is 10.4 Å². The van der Waals surface area contributed by atoms with Crippen LogP contribution in [0.5, 0.6) is 0 Å². The quantitative estimate of drug-likeness (QED) is 0.564. The molecule has 2 N–H and O–H groups in total. The van der Waals surface area contributed by atoms with Crippen molar-refractivity contribution in [1.82, 2.24) is 14.5 Å². The van der Waals surface area contributed by atoms with Crippen LogP contribution in [0.25, 0.3) is 0 Å². The van der Waals surface area contributed by atoms with E-state index < -0.39 is 35.2 Å². The minimum atomic E-state index is -4.98. The van der Waals surface area contributed by atoms with Crippen LogP contribution in [0.4, 0.5) is 36.8 Å². The lowest BCUT2D eigenvalue weighted by Crippen LogP contribution is -2.44. The van der Waals surface area contributed by atoms with E-state index in [2.05, 4.69) is 10.4 Å². The molecule has 1 aromatic heterocycles. The highest BCUT2D eigenvalue weighted by Gasteiger charge is 2.37. The molecule has 0 bridgehead atoms. The predicted molar refractivity (Wildman–Crippen MR) is 92.2 cm³/mol. The fourth-order valence-corrected chi connectivity index (χ4v) is 3.36. The molecule has 0 radical (unpaired) electrons. The van der Waals surface area contributed by atoms with E-state index in [1.165, 1.54) is 11.9 Å². The number of halogens is 6. The third-order valence-electron chi connectivity index (χ3n) is 4.36. The Morgan fingerprint density at radius 3 is 2.38 bits per heavy atom. The molecule has 6 nitrogen and oxygen atoms in total. The fourth-order valence-electron chi connectivity index (χ4n) is 2.98. The molecule has 0 aliphatic carbocycles. The normalized spacial score (nSPS) is 16.6. The molecule has 1 atom stereocenters. The number of hydrogen-bond acceptors (Lipinski definition) is 3. The number of carbonyl (C=O) groups excluding carboxylic acids is 1. The van der Waals surface area contributed by atoms with Gasteiger partial charge in [0.15, 0.2) is 0 Å². The summed E-state index contributed by atoms with van der Waals surface area (Å²) in [6.45, 7) is 0.147. The molecule has 13 heteroatoms. The molecule has 1 aliphatic rings. The van der Waals surface area contributed by atoms with Crippen LogP contribution in [0.2, 0.25) is 0 Å². The van der Waals surface area contributed by atoms with Gasteiger partial charge in [-0.05, 0) is 24.6 Å². The first-order valence-electron chi connectivity index (χ1n) is 8.36. The first-order valence-corrected chi connectivity index (χ1v) is 9.54. The van der Waals surface area contributed by atoms with Crippen molar-refractivity contribution in [2.75, 3.05) is 18.1 Å². The summed E-state index contributed by atoms with van der Waals surface area (Å²) in [4.78, 5) is 12.0. The number of nitrogens with zero attached hydrogens (tertiary/aromatic N) is 3. The second kappa shape index (κ2) is 7.76. The third kappa shape index (κ3) is 4.95. The van der Waals surface area contributed by atoms with E-state index in [0.29, 0.717) is 25.0 Å². The van der Waals surface area contributed by atoms with E-state index in [0.717, 1.165) is 5.82 Å². The molecule has 0 unspecified atom stereocenters. The lowest BCUT2D eigenvalue weighted by molar-refractivity contribution is -0.714. The Balaban J connectivity index is 1.69. The number of fused-ring (bicyclic) bond motifs is 1. The van der Waals surface area contributed by atoms with E-state index in [9.17, 15) is 31.1 Å². The second-order valence-electron chi connectivity index (χ2n) is 6.35. The Morgan fingerprint density at radius 1 is 1.21 bits per heavy atom. The maximum atomic E-state index is 12.9. The Bertz CT molecular complexity index is 878. The summed E-state index contributed by atoms with van der Waals surface area (Å²) in [6, 6.07) is -0.0875. The molecule has 0 saturated heterocycles. The molecule has 3 rings (SSSR count). The Labute approximate surface area is 165 Å². The minimum absolute atomic E-state index is 0.00315. The summed E-state index contributed by atoms with van der Waals surface area (Å²) in [5.41, 5.74) is -3.59. The lowest BCUT2D eigenvalue weighted by Gasteiger charge is -2.15. The summed E-state index contributed by atoms with van der Waals surface area (Å²) >= 11 is 1.39. The zero-order valence-electron chi connectivity index (χ0n) is 14.9. The van der Waals surface area contributed by atoms with Crippen LogP contribution in [0.3, 0.4) is 0 Å². The van der Waals surface area contributed by atoms with Gasteiger partial charge in [0.2, 0.25) is 6.33 Å². The van der Waals surface area contributed by atoms with E-state index in [4.69, 9.17) is 0 Å². The number of nitrogens with one attached hydrogen (secondary N) is 2. The Kier molecular flexibility index (Phi) is 5.70. The molecule has 2 heterocycles. The number of urea groups is 1. The maximum absolute atomic E-state index is 12.9. The zero-order valence-corrected chi connectivity index (χ0v) is 15.8. The van der Waals surface area contributed by atoms with Gasteiger partial charge in [0, 0.05) is 18.4 Å². The van der Waals surface area contributed by atoms with Gasteiger partial charge < -0.3 is 10.6 Å². The van der Waals surface area contributed by atoms with Crippen molar-refractivity contribution < 1.29 is 35.7 Å². The number of anilines is 1. The van der Waals surface area contributed by atoms with E-state index in [-0.39, 0.29) is 18.7 Å². The van der Waals surface area contributed by atoms with Crippen molar-refractivity contribution in [2.24, 2.45) is 0 Å². The van der Waals surface area contributed by atoms with Crippen LogP contribution >= 0.6 is 11.9 Å². The van der Waals surface area contributed by atoms with Gasteiger partial charge >= 0.3 is 18.4 Å². The van der Waals surface area contributed by atoms with Crippen LogP contribution < -0.4 is 15.2 Å². The monoisotopic (exact) mass is 440 g/mol. The molecule has 0 spiro atoms. The van der Waals surface area contributed by atoms with Gasteiger partial charge in [0.25, 0.3) is 5.82 Å². The fraction of sp³-hybridized carbons (Fsp3) is 0.438. The smallest absolute Gasteiger partial charge is 0.334 e. The van der Waals surface area contributed by atoms with Gasteiger partial charge in [-0.2, -0.15) is 26.3 Å². The van der Waals surface area contributed by atoms with Crippen molar-refractivity contribution in [2.45, 2.75) is 31.2 Å². The lowest BCUT2D eigenvalue weighted by atomic mass is 10.1. The summed E-state index contributed by atoms with van der Waals surface area (Å²) in [6.07, 6.45) is -4.96. The average Bonchev–Trinajstić information content (AvgIpc) is 3.18. The van der Waals surface area contributed by atoms with Gasteiger partial charge in [0.1, 0.15) is 0 Å². The number of aromatic nitrogens is 3. The van der Waals surface area contributed by atoms with Gasteiger partial charge in [0.05, 0.1) is 40.8 Å². The van der Waals surface area contributed by atoms with Crippen LogP contribution in [0.15, 0.2) is 24.5 Å². The number of amides is 2. The van der Waals surface area contributed by atoms with E-state index >= 15 is 0 Å². The number of hydrogen-bond donors (Lipinski definition) is 2. The molecule has 158 valence electrons. The highest BCUT2D eigenvalue weighted by molar-refractivity contribution is 7.97. The largest absolute Gasteiger partial charge is 0.416 e. The minimum Gasteiger partial charge on any atom is -0.334 e. The molecule has 0 saturated carbocycles. The first kappa shape index (κ1) is 21.3. The standard InChI is InChI=1S/C16H15F6N5OS/c1-29-27-8-26-12(2-3-13(26)25-27)7-23-14(28)24-11-5-9(15(17,18)19)4-10(6-11)16(20,21)22/h4-6,8,12H,2-3,7H2,1H3,(H-,23,24,28)/p+1/t12-/m0/s1. The van der Waals surface area contributed by atoms with Crippen molar-refractivity contribution >= 4 is 23.7 Å². The highest BCUT2D eigenvalue weighted by Crippen LogP contribution is 2.37. The van der Waals surface area contributed by atoms with Gasteiger partial charge in [-0.3, -0.25) is 0 Å². The van der Waals surface area contributed by atoms with Crippen molar-refractivity contribution in [3.05, 3.63) is 41.5 Å². The zero-order chi connectivity index (χ0) is 21.4. The molecule has 1 aromatic carbocycles. The van der Waals surface area contributed by atoms with Crippen LogP contribution in [0, 0.1) is 0 Å². The Morgan fingerprint density at radius 2 is 1.83 bits per heavy atom. The maximum Gasteiger partial charge on any atom is 0.416 e. The molecule has 1 aliphatic heterocycles. The number of carbonyl (C=O) groups is 1. The second-order valence-corrected chi connectivity index (χ2v) is 7.09. The average molecular weight is 440 g/mol. The van der Waals surface area contributed by atoms with Crippen molar-refractivity contribution in [1.29, 1.82) is 0 Å². The van der Waals surface area contributed by atoms with Crippen molar-refractivity contribution in [3.63, 3.8) is 0 Å².